The van der Waals surface area contributed by atoms with Gasteiger partial charge in [-0.25, -0.2) is 9.97 Å². The highest BCUT2D eigenvalue weighted by atomic mass is 32.2. The third-order valence-electron chi connectivity index (χ3n) is 3.64. The number of fused-ring (bicyclic) bond motifs is 1. The lowest BCUT2D eigenvalue weighted by Gasteiger charge is -2.15. The molecule has 0 saturated carbocycles. The largest absolute Gasteiger partial charge is 0.490 e. The van der Waals surface area contributed by atoms with E-state index >= 15 is 0 Å². The first-order chi connectivity index (χ1) is 12.4. The smallest absolute Gasteiger partial charge is 0.391 e. The van der Waals surface area contributed by atoms with Crippen LogP contribution in [0, 0.1) is 0 Å². The molecule has 0 bridgehead atoms. The summed E-state index contributed by atoms with van der Waals surface area (Å²) in [4.78, 5) is 8.57. The zero-order chi connectivity index (χ0) is 18.7. The van der Waals surface area contributed by atoms with Crippen molar-refractivity contribution in [2.75, 3.05) is 12.9 Å². The Morgan fingerprint density at radius 3 is 2.81 bits per heavy atom. The number of rotatable bonds is 6. The molecule has 0 amide bonds. The summed E-state index contributed by atoms with van der Waals surface area (Å²) in [5, 5.41) is 10.8. The van der Waals surface area contributed by atoms with Gasteiger partial charge in [0.15, 0.2) is 5.16 Å². The number of halogens is 3. The van der Waals surface area contributed by atoms with Gasteiger partial charge in [-0.3, -0.25) is 0 Å². The molecule has 1 atom stereocenters. The van der Waals surface area contributed by atoms with Gasteiger partial charge in [0.25, 0.3) is 0 Å². The van der Waals surface area contributed by atoms with Crippen LogP contribution in [-0.2, 0) is 0 Å². The Morgan fingerprint density at radius 2 is 2.08 bits per heavy atom. The first-order valence-corrected chi connectivity index (χ1v) is 8.95. The molecule has 0 radical (unpaired) electrons. The maximum Gasteiger partial charge on any atom is 0.391 e. The van der Waals surface area contributed by atoms with Gasteiger partial charge in [-0.05, 0) is 30.5 Å². The minimum atomic E-state index is -4.43. The van der Waals surface area contributed by atoms with Gasteiger partial charge in [0, 0.05) is 17.8 Å². The molecular weight excluding hydrogens is 367 g/mol. The topological polar surface area (TPSA) is 60.2 Å². The summed E-state index contributed by atoms with van der Waals surface area (Å²) >= 11 is 1.42. The first-order valence-electron chi connectivity index (χ1n) is 7.72. The summed E-state index contributed by atoms with van der Waals surface area (Å²) in [7, 11) is 0. The van der Waals surface area contributed by atoms with Gasteiger partial charge in [0.1, 0.15) is 18.2 Å². The van der Waals surface area contributed by atoms with Gasteiger partial charge in [-0.15, -0.1) is 0 Å². The highest BCUT2D eigenvalue weighted by Crippen LogP contribution is 2.29. The molecule has 138 valence electrons. The lowest BCUT2D eigenvalue weighted by atomic mass is 10.2. The number of thioether (sulfide) groups is 1. The van der Waals surface area contributed by atoms with E-state index < -0.39 is 25.3 Å². The van der Waals surface area contributed by atoms with Crippen LogP contribution < -0.4 is 4.74 Å². The lowest BCUT2D eigenvalue weighted by Crippen LogP contribution is -2.25. The van der Waals surface area contributed by atoms with Crippen LogP contribution in [0.2, 0.25) is 0 Å². The third kappa shape index (κ3) is 4.28. The summed E-state index contributed by atoms with van der Waals surface area (Å²) in [6.45, 7) is -0.437. The standard InChI is InChI=1S/C17H16F3N3O2S/c1-26-16-21-7-5-15(22-16)23-8-6-12-13(23)3-2-4-14(12)25-10-11(24)9-17(18,19)20/h2-8,11,24H,9-10H2,1H3. The van der Waals surface area contributed by atoms with E-state index in [1.165, 1.54) is 11.8 Å². The highest BCUT2D eigenvalue weighted by molar-refractivity contribution is 7.98. The second-order valence-corrected chi connectivity index (χ2v) is 6.33. The van der Waals surface area contributed by atoms with Gasteiger partial charge in [-0.2, -0.15) is 13.2 Å². The van der Waals surface area contributed by atoms with Crippen molar-refractivity contribution in [1.29, 1.82) is 0 Å². The minimum Gasteiger partial charge on any atom is -0.490 e. The van der Waals surface area contributed by atoms with Crippen molar-refractivity contribution >= 4 is 22.7 Å². The number of hydrogen-bond acceptors (Lipinski definition) is 5. The van der Waals surface area contributed by atoms with E-state index in [2.05, 4.69) is 9.97 Å². The quantitative estimate of drug-likeness (QED) is 0.518. The zero-order valence-electron chi connectivity index (χ0n) is 13.8. The summed E-state index contributed by atoms with van der Waals surface area (Å²) in [5.41, 5.74) is 0.790. The summed E-state index contributed by atoms with van der Waals surface area (Å²) < 4.78 is 44.2. The third-order valence-corrected chi connectivity index (χ3v) is 4.20. The fourth-order valence-corrected chi connectivity index (χ4v) is 2.89. The van der Waals surface area contributed by atoms with Crippen molar-refractivity contribution < 1.29 is 23.0 Å². The van der Waals surface area contributed by atoms with E-state index in [0.717, 1.165) is 10.9 Å². The number of benzene rings is 1. The molecule has 0 spiro atoms. The average molecular weight is 383 g/mol. The molecule has 1 unspecified atom stereocenters. The molecular formula is C17H16F3N3O2S. The Bertz CT molecular complexity index is 898. The van der Waals surface area contributed by atoms with Crippen LogP contribution in [0.25, 0.3) is 16.7 Å². The molecule has 0 saturated heterocycles. The van der Waals surface area contributed by atoms with Gasteiger partial charge < -0.3 is 14.4 Å². The minimum absolute atomic E-state index is 0.404. The second kappa shape index (κ2) is 7.55. The Labute approximate surface area is 151 Å². The van der Waals surface area contributed by atoms with Crippen molar-refractivity contribution in [3.8, 4) is 11.6 Å². The molecule has 1 aromatic carbocycles. The molecule has 2 aromatic heterocycles. The molecule has 3 rings (SSSR count). The molecule has 2 heterocycles. The van der Waals surface area contributed by atoms with Crippen molar-refractivity contribution in [3.05, 3.63) is 42.7 Å². The van der Waals surface area contributed by atoms with Gasteiger partial charge in [0.2, 0.25) is 0 Å². The van der Waals surface area contributed by atoms with Gasteiger partial charge >= 0.3 is 6.18 Å². The SMILES string of the molecule is CSc1nccc(-n2ccc3c(OCC(O)CC(F)(F)F)cccc32)n1. The van der Waals surface area contributed by atoms with Crippen LogP contribution in [0.5, 0.6) is 5.75 Å². The molecule has 26 heavy (non-hydrogen) atoms. The molecule has 0 aliphatic rings. The van der Waals surface area contributed by atoms with Crippen molar-refractivity contribution in [3.63, 3.8) is 0 Å². The van der Waals surface area contributed by atoms with Crippen molar-refractivity contribution in [2.24, 2.45) is 0 Å². The second-order valence-electron chi connectivity index (χ2n) is 5.56. The number of nitrogens with zero attached hydrogens (tertiary/aromatic N) is 3. The van der Waals surface area contributed by atoms with Crippen molar-refractivity contribution in [2.45, 2.75) is 23.9 Å². The Morgan fingerprint density at radius 1 is 1.27 bits per heavy atom. The predicted octanol–water partition coefficient (Wildman–Crippen LogP) is 3.83. The molecule has 0 aliphatic heterocycles. The average Bonchev–Trinajstić information content (AvgIpc) is 3.03. The number of aromatic nitrogens is 3. The number of aliphatic hydroxyl groups excluding tert-OH is 1. The van der Waals surface area contributed by atoms with Gasteiger partial charge in [-0.1, -0.05) is 17.8 Å². The summed E-state index contributed by atoms with van der Waals surface area (Å²) in [5.74, 6) is 1.08. The monoisotopic (exact) mass is 383 g/mol. The molecule has 0 aliphatic carbocycles. The van der Waals surface area contributed by atoms with E-state index in [4.69, 9.17) is 4.74 Å². The van der Waals surface area contributed by atoms with Crippen LogP contribution in [0.1, 0.15) is 6.42 Å². The number of ether oxygens (including phenoxy) is 1. The number of hydrogen-bond donors (Lipinski definition) is 1. The summed E-state index contributed by atoms with van der Waals surface area (Å²) in [6.07, 6.45) is -2.00. The van der Waals surface area contributed by atoms with E-state index in [9.17, 15) is 18.3 Å². The fourth-order valence-electron chi connectivity index (χ4n) is 2.54. The zero-order valence-corrected chi connectivity index (χ0v) is 14.6. The normalized spacial score (nSPS) is 13.1. The Hall–Kier alpha value is -2.26. The molecule has 9 heteroatoms. The number of alkyl halides is 3. The van der Waals surface area contributed by atoms with Crippen LogP contribution >= 0.6 is 11.8 Å². The van der Waals surface area contributed by atoms with E-state index in [1.54, 1.807) is 36.7 Å². The maximum absolute atomic E-state index is 12.3. The molecule has 3 aromatic rings. The number of aliphatic hydroxyl groups is 1. The lowest BCUT2D eigenvalue weighted by molar-refractivity contribution is -0.156. The van der Waals surface area contributed by atoms with Crippen LogP contribution in [0.4, 0.5) is 13.2 Å². The van der Waals surface area contributed by atoms with E-state index in [0.29, 0.717) is 16.7 Å². The van der Waals surface area contributed by atoms with E-state index in [-0.39, 0.29) is 0 Å². The van der Waals surface area contributed by atoms with Gasteiger partial charge in [0.05, 0.1) is 18.0 Å². The molecule has 0 fully saturated rings. The van der Waals surface area contributed by atoms with Crippen LogP contribution in [0.15, 0.2) is 47.9 Å². The molecule has 5 nitrogen and oxygen atoms in total. The summed E-state index contributed by atoms with van der Waals surface area (Å²) in [6, 6.07) is 8.80. The van der Waals surface area contributed by atoms with E-state index in [1.807, 2.05) is 16.9 Å². The Kier molecular flexibility index (Phi) is 5.38. The first kappa shape index (κ1) is 18.5. The van der Waals surface area contributed by atoms with Crippen LogP contribution in [0.3, 0.4) is 0 Å². The Balaban J connectivity index is 1.84. The van der Waals surface area contributed by atoms with Crippen LogP contribution in [-0.4, -0.2) is 44.8 Å². The fraction of sp³-hybridized carbons (Fsp3) is 0.294. The highest BCUT2D eigenvalue weighted by Gasteiger charge is 2.31. The molecule has 1 N–H and O–H groups in total. The predicted molar refractivity (Wildman–Crippen MR) is 92.8 cm³/mol. The van der Waals surface area contributed by atoms with Crippen molar-refractivity contribution in [1.82, 2.24) is 14.5 Å². The maximum atomic E-state index is 12.3.